The van der Waals surface area contributed by atoms with Gasteiger partial charge in [-0.3, -0.25) is 4.79 Å². The molecule has 74 valence electrons. The Hall–Kier alpha value is -0.610. The minimum atomic E-state index is -0.497. The number of nitrogens with zero attached hydrogens (tertiary/aromatic N) is 2. The van der Waals surface area contributed by atoms with Gasteiger partial charge in [0.2, 0.25) is 5.91 Å². The monoisotopic (exact) mass is 184 g/mol. The SMILES string of the molecule is CN1CCN2C(=O)CC(O)C2(C)C1. The summed E-state index contributed by atoms with van der Waals surface area (Å²) in [7, 11) is 2.03. The van der Waals surface area contributed by atoms with Crippen molar-refractivity contribution in [2.75, 3.05) is 26.7 Å². The molecule has 2 saturated heterocycles. The first-order chi connectivity index (χ1) is 6.04. The smallest absolute Gasteiger partial charge is 0.225 e. The zero-order valence-electron chi connectivity index (χ0n) is 8.16. The van der Waals surface area contributed by atoms with Gasteiger partial charge in [0.15, 0.2) is 0 Å². The fraction of sp³-hybridized carbons (Fsp3) is 0.889. The lowest BCUT2D eigenvalue weighted by atomic mass is 9.93. The fourth-order valence-electron chi connectivity index (χ4n) is 2.43. The van der Waals surface area contributed by atoms with Gasteiger partial charge in [0.1, 0.15) is 0 Å². The summed E-state index contributed by atoms with van der Waals surface area (Å²) in [5.41, 5.74) is -0.343. The molecule has 2 rings (SSSR count). The first-order valence-electron chi connectivity index (χ1n) is 4.71. The molecule has 0 aromatic heterocycles. The highest BCUT2D eigenvalue weighted by Crippen LogP contribution is 2.33. The van der Waals surface area contributed by atoms with Crippen LogP contribution < -0.4 is 0 Å². The largest absolute Gasteiger partial charge is 0.390 e. The van der Waals surface area contributed by atoms with E-state index < -0.39 is 6.10 Å². The number of aliphatic hydroxyl groups is 1. The third-order valence-corrected chi connectivity index (χ3v) is 3.30. The summed E-state index contributed by atoms with van der Waals surface area (Å²) in [6, 6.07) is 0. The Kier molecular flexibility index (Phi) is 1.85. The Morgan fingerprint density at radius 3 is 2.92 bits per heavy atom. The van der Waals surface area contributed by atoms with Gasteiger partial charge in [-0.2, -0.15) is 0 Å². The molecule has 0 aliphatic carbocycles. The van der Waals surface area contributed by atoms with Crippen LogP contribution in [0.2, 0.25) is 0 Å². The number of likely N-dealkylation sites (N-methyl/N-ethyl adjacent to an activating group) is 1. The predicted molar refractivity (Wildman–Crippen MR) is 48.2 cm³/mol. The first kappa shape index (κ1) is 8.97. The third kappa shape index (κ3) is 1.16. The molecule has 0 bridgehead atoms. The van der Waals surface area contributed by atoms with Crippen LogP contribution in [0.1, 0.15) is 13.3 Å². The van der Waals surface area contributed by atoms with Gasteiger partial charge in [0.25, 0.3) is 0 Å². The molecule has 2 aliphatic heterocycles. The molecule has 2 fully saturated rings. The van der Waals surface area contributed by atoms with Crippen LogP contribution in [-0.2, 0) is 4.79 Å². The summed E-state index contributed by atoms with van der Waals surface area (Å²) in [6.07, 6.45) is -0.201. The average molecular weight is 184 g/mol. The summed E-state index contributed by atoms with van der Waals surface area (Å²) in [5.74, 6) is 0.100. The second kappa shape index (κ2) is 2.69. The molecular formula is C9H16N2O2. The third-order valence-electron chi connectivity index (χ3n) is 3.30. The molecule has 0 radical (unpaired) electrons. The van der Waals surface area contributed by atoms with Crippen LogP contribution in [0.4, 0.5) is 0 Å². The standard InChI is InChI=1S/C9H16N2O2/c1-9-6-10(2)3-4-11(9)8(13)5-7(9)12/h7,12H,3-6H2,1-2H3. The van der Waals surface area contributed by atoms with Crippen LogP contribution in [0.25, 0.3) is 0 Å². The summed E-state index contributed by atoms with van der Waals surface area (Å²) in [4.78, 5) is 15.5. The van der Waals surface area contributed by atoms with Gasteiger partial charge in [-0.15, -0.1) is 0 Å². The lowest BCUT2D eigenvalue weighted by Crippen LogP contribution is -2.61. The summed E-state index contributed by atoms with van der Waals surface area (Å²) >= 11 is 0. The van der Waals surface area contributed by atoms with E-state index in [4.69, 9.17) is 0 Å². The second-order valence-electron chi connectivity index (χ2n) is 4.36. The molecule has 4 heteroatoms. The number of hydrogen-bond acceptors (Lipinski definition) is 3. The summed E-state index contributed by atoms with van der Waals surface area (Å²) < 4.78 is 0. The molecule has 2 unspecified atom stereocenters. The van der Waals surface area contributed by atoms with Crippen LogP contribution >= 0.6 is 0 Å². The Morgan fingerprint density at radius 2 is 2.23 bits per heavy atom. The first-order valence-corrected chi connectivity index (χ1v) is 4.71. The minimum absolute atomic E-state index is 0.100. The van der Waals surface area contributed by atoms with Crippen LogP contribution in [0.3, 0.4) is 0 Å². The van der Waals surface area contributed by atoms with Gasteiger partial charge >= 0.3 is 0 Å². The Morgan fingerprint density at radius 1 is 1.54 bits per heavy atom. The zero-order chi connectivity index (χ0) is 9.64. The number of fused-ring (bicyclic) bond motifs is 1. The topological polar surface area (TPSA) is 43.8 Å². The van der Waals surface area contributed by atoms with Crippen molar-refractivity contribution in [3.8, 4) is 0 Å². The molecule has 0 saturated carbocycles. The Balaban J connectivity index is 2.26. The van der Waals surface area contributed by atoms with Gasteiger partial charge < -0.3 is 14.9 Å². The van der Waals surface area contributed by atoms with Gasteiger partial charge in [0.05, 0.1) is 18.1 Å². The van der Waals surface area contributed by atoms with Crippen molar-refractivity contribution in [3.63, 3.8) is 0 Å². The van der Waals surface area contributed by atoms with Crippen molar-refractivity contribution < 1.29 is 9.90 Å². The zero-order valence-corrected chi connectivity index (χ0v) is 8.16. The van der Waals surface area contributed by atoms with Crippen molar-refractivity contribution in [1.82, 2.24) is 9.80 Å². The van der Waals surface area contributed by atoms with Crippen LogP contribution in [0.15, 0.2) is 0 Å². The van der Waals surface area contributed by atoms with E-state index in [1.54, 1.807) is 0 Å². The lowest BCUT2D eigenvalue weighted by Gasteiger charge is -2.45. The quantitative estimate of drug-likeness (QED) is 0.540. The number of aliphatic hydroxyl groups excluding tert-OH is 1. The van der Waals surface area contributed by atoms with Crippen LogP contribution in [-0.4, -0.2) is 59.1 Å². The number of hydrogen-bond donors (Lipinski definition) is 1. The number of amides is 1. The predicted octanol–water partition coefficient (Wildman–Crippen LogP) is -0.716. The van der Waals surface area contributed by atoms with E-state index in [1.807, 2.05) is 18.9 Å². The normalized spacial score (nSPS) is 41.0. The molecule has 2 atom stereocenters. The number of carbonyl (C=O) groups excluding carboxylic acids is 1. The van der Waals surface area contributed by atoms with Crippen molar-refractivity contribution in [3.05, 3.63) is 0 Å². The average Bonchev–Trinajstić information content (AvgIpc) is 2.23. The van der Waals surface area contributed by atoms with E-state index in [9.17, 15) is 9.90 Å². The van der Waals surface area contributed by atoms with Gasteiger partial charge in [-0.05, 0) is 14.0 Å². The van der Waals surface area contributed by atoms with E-state index in [1.165, 1.54) is 0 Å². The maximum absolute atomic E-state index is 11.5. The van der Waals surface area contributed by atoms with Gasteiger partial charge in [-0.1, -0.05) is 0 Å². The van der Waals surface area contributed by atoms with Crippen molar-refractivity contribution in [1.29, 1.82) is 0 Å². The number of piperazine rings is 1. The molecule has 0 spiro atoms. The molecule has 0 aromatic rings. The van der Waals surface area contributed by atoms with E-state index >= 15 is 0 Å². The fourth-order valence-corrected chi connectivity index (χ4v) is 2.43. The van der Waals surface area contributed by atoms with Crippen LogP contribution in [0, 0.1) is 0 Å². The van der Waals surface area contributed by atoms with E-state index in [0.717, 1.165) is 19.6 Å². The molecule has 1 N–H and O–H groups in total. The van der Waals surface area contributed by atoms with Gasteiger partial charge in [0, 0.05) is 19.6 Å². The van der Waals surface area contributed by atoms with Gasteiger partial charge in [-0.25, -0.2) is 0 Å². The van der Waals surface area contributed by atoms with Crippen molar-refractivity contribution >= 4 is 5.91 Å². The Labute approximate surface area is 78.1 Å². The van der Waals surface area contributed by atoms with Crippen molar-refractivity contribution in [2.24, 2.45) is 0 Å². The molecule has 2 aliphatic rings. The highest BCUT2D eigenvalue weighted by atomic mass is 16.3. The minimum Gasteiger partial charge on any atom is -0.390 e. The lowest BCUT2D eigenvalue weighted by molar-refractivity contribution is -0.133. The summed E-state index contributed by atoms with van der Waals surface area (Å²) in [6.45, 7) is 4.41. The molecular weight excluding hydrogens is 168 g/mol. The molecule has 4 nitrogen and oxygen atoms in total. The van der Waals surface area contributed by atoms with E-state index in [-0.39, 0.29) is 11.4 Å². The highest BCUT2D eigenvalue weighted by Gasteiger charge is 2.50. The maximum Gasteiger partial charge on any atom is 0.225 e. The van der Waals surface area contributed by atoms with E-state index in [0.29, 0.717) is 6.42 Å². The van der Waals surface area contributed by atoms with E-state index in [2.05, 4.69) is 4.90 Å². The number of carbonyl (C=O) groups is 1. The highest BCUT2D eigenvalue weighted by molar-refractivity contribution is 5.81. The number of rotatable bonds is 0. The maximum atomic E-state index is 11.5. The Bertz CT molecular complexity index is 244. The van der Waals surface area contributed by atoms with Crippen LogP contribution in [0.5, 0.6) is 0 Å². The molecule has 1 amide bonds. The van der Waals surface area contributed by atoms with Crippen molar-refractivity contribution in [2.45, 2.75) is 25.0 Å². The second-order valence-corrected chi connectivity index (χ2v) is 4.36. The summed E-state index contributed by atoms with van der Waals surface area (Å²) in [5, 5.41) is 9.78. The molecule has 13 heavy (non-hydrogen) atoms. The molecule has 2 heterocycles. The molecule has 0 aromatic carbocycles.